The third-order valence-electron chi connectivity index (χ3n) is 3.35. The van der Waals surface area contributed by atoms with Crippen LogP contribution in [0.4, 0.5) is 0 Å². The first-order valence-corrected chi connectivity index (χ1v) is 8.04. The zero-order valence-electron chi connectivity index (χ0n) is 14.8. The predicted octanol–water partition coefficient (Wildman–Crippen LogP) is -3.42. The number of rotatable bonds is 13. The van der Waals surface area contributed by atoms with E-state index in [0.717, 1.165) is 0 Å². The van der Waals surface area contributed by atoms with Gasteiger partial charge in [-0.1, -0.05) is 0 Å². The Morgan fingerprint density at radius 3 is 1.86 bits per heavy atom. The number of hydrogen-bond donors (Lipinski definition) is 9. The van der Waals surface area contributed by atoms with E-state index >= 15 is 0 Å². The fourth-order valence-corrected chi connectivity index (χ4v) is 1.99. The monoisotopic (exact) mass is 404 g/mol. The second-order valence-electron chi connectivity index (χ2n) is 5.75. The molecule has 0 aromatic heterocycles. The molecule has 11 N–H and O–H groups in total. The van der Waals surface area contributed by atoms with E-state index < -0.39 is 60.7 Å². The molecule has 0 rings (SSSR count). The molecular formula is C14H24N6O8. The first-order chi connectivity index (χ1) is 12.9. The molecule has 14 nitrogen and oxygen atoms in total. The van der Waals surface area contributed by atoms with Gasteiger partial charge in [-0.3, -0.25) is 24.6 Å². The largest absolute Gasteiger partial charge is 0.481 e. The number of nitrogens with one attached hydrogen (secondary N) is 4. The van der Waals surface area contributed by atoms with E-state index in [0.29, 0.717) is 6.42 Å². The van der Waals surface area contributed by atoms with Crippen LogP contribution in [0.2, 0.25) is 0 Å². The summed E-state index contributed by atoms with van der Waals surface area (Å²) >= 11 is 0. The number of hydrogen-bond acceptors (Lipinski definition) is 7. The lowest BCUT2D eigenvalue weighted by Gasteiger charge is -2.21. The SMILES string of the molecule is N=C(N)NCCC[C@H](N)C(=O)N[C@@H](CC(=O)O)C(=O)N[C@@H](CC(=O)O)C(=O)O. The molecule has 0 unspecified atom stereocenters. The van der Waals surface area contributed by atoms with E-state index in [-0.39, 0.29) is 18.9 Å². The van der Waals surface area contributed by atoms with Crippen molar-refractivity contribution in [3.63, 3.8) is 0 Å². The molecule has 28 heavy (non-hydrogen) atoms. The Morgan fingerprint density at radius 1 is 0.893 bits per heavy atom. The first-order valence-electron chi connectivity index (χ1n) is 8.04. The molecule has 0 fully saturated rings. The summed E-state index contributed by atoms with van der Waals surface area (Å²) in [6.07, 6.45) is -1.32. The molecule has 3 atom stereocenters. The Morgan fingerprint density at radius 2 is 1.39 bits per heavy atom. The third kappa shape index (κ3) is 10.5. The average molecular weight is 404 g/mol. The van der Waals surface area contributed by atoms with E-state index in [1.165, 1.54) is 0 Å². The van der Waals surface area contributed by atoms with Gasteiger partial charge in [0.1, 0.15) is 12.1 Å². The Kier molecular flexibility index (Phi) is 10.6. The number of carbonyl (C=O) groups excluding carboxylic acids is 2. The van der Waals surface area contributed by atoms with E-state index in [1.54, 1.807) is 0 Å². The number of amides is 2. The second-order valence-corrected chi connectivity index (χ2v) is 5.75. The summed E-state index contributed by atoms with van der Waals surface area (Å²) in [7, 11) is 0. The van der Waals surface area contributed by atoms with Gasteiger partial charge in [-0.15, -0.1) is 0 Å². The van der Waals surface area contributed by atoms with Gasteiger partial charge in [0.25, 0.3) is 0 Å². The van der Waals surface area contributed by atoms with Crippen LogP contribution in [0, 0.1) is 5.41 Å². The molecule has 0 heterocycles. The Balaban J connectivity index is 4.90. The fourth-order valence-electron chi connectivity index (χ4n) is 1.99. The fraction of sp³-hybridized carbons (Fsp3) is 0.571. The van der Waals surface area contributed by atoms with Crippen molar-refractivity contribution in [2.24, 2.45) is 11.5 Å². The Bertz CT molecular complexity index is 625. The molecule has 0 saturated carbocycles. The minimum absolute atomic E-state index is 0.129. The van der Waals surface area contributed by atoms with E-state index in [9.17, 15) is 24.0 Å². The van der Waals surface area contributed by atoms with E-state index in [1.807, 2.05) is 5.32 Å². The highest BCUT2D eigenvalue weighted by Gasteiger charge is 2.30. The van der Waals surface area contributed by atoms with Gasteiger partial charge in [-0.25, -0.2) is 4.79 Å². The molecule has 0 radical (unpaired) electrons. The van der Waals surface area contributed by atoms with Gasteiger partial charge < -0.3 is 42.7 Å². The first kappa shape index (κ1) is 24.6. The van der Waals surface area contributed by atoms with Crippen LogP contribution in [-0.2, 0) is 24.0 Å². The minimum atomic E-state index is -1.80. The topological polar surface area (TPSA) is 258 Å². The van der Waals surface area contributed by atoms with Crippen LogP contribution in [0.5, 0.6) is 0 Å². The van der Waals surface area contributed by atoms with Gasteiger partial charge in [0.05, 0.1) is 18.9 Å². The maximum atomic E-state index is 12.1. The molecule has 0 aliphatic heterocycles. The number of carboxylic acid groups (broad SMARTS) is 3. The highest BCUT2D eigenvalue weighted by molar-refractivity contribution is 5.94. The van der Waals surface area contributed by atoms with Crippen molar-refractivity contribution in [2.45, 2.75) is 43.8 Å². The summed E-state index contributed by atoms with van der Waals surface area (Å²) in [6, 6.07) is -4.56. The number of carboxylic acids is 3. The summed E-state index contributed by atoms with van der Waals surface area (Å²) in [4.78, 5) is 56.8. The smallest absolute Gasteiger partial charge is 0.326 e. The lowest BCUT2D eigenvalue weighted by Crippen LogP contribution is -2.55. The minimum Gasteiger partial charge on any atom is -0.481 e. The maximum Gasteiger partial charge on any atom is 0.326 e. The molecule has 0 spiro atoms. The van der Waals surface area contributed by atoms with Crippen LogP contribution >= 0.6 is 0 Å². The normalized spacial score (nSPS) is 13.5. The van der Waals surface area contributed by atoms with Gasteiger partial charge >= 0.3 is 17.9 Å². The van der Waals surface area contributed by atoms with E-state index in [4.69, 9.17) is 32.2 Å². The molecular weight excluding hydrogens is 380 g/mol. The summed E-state index contributed by atoms with van der Waals surface area (Å²) in [5.74, 6) is -6.86. The van der Waals surface area contributed by atoms with Gasteiger partial charge in [-0.2, -0.15) is 0 Å². The van der Waals surface area contributed by atoms with Crippen molar-refractivity contribution < 1.29 is 39.3 Å². The van der Waals surface area contributed by atoms with Crippen molar-refractivity contribution in [3.05, 3.63) is 0 Å². The van der Waals surface area contributed by atoms with E-state index in [2.05, 4.69) is 10.6 Å². The Hall–Kier alpha value is -3.42. The van der Waals surface area contributed by atoms with Crippen molar-refractivity contribution in [3.8, 4) is 0 Å². The lowest BCUT2D eigenvalue weighted by molar-refractivity contribution is -0.148. The van der Waals surface area contributed by atoms with Crippen molar-refractivity contribution in [1.29, 1.82) is 5.41 Å². The molecule has 0 aromatic rings. The highest BCUT2D eigenvalue weighted by Crippen LogP contribution is 2.01. The summed E-state index contributed by atoms with van der Waals surface area (Å²) < 4.78 is 0. The molecule has 2 amide bonds. The van der Waals surface area contributed by atoms with Gasteiger partial charge in [-0.05, 0) is 12.8 Å². The van der Waals surface area contributed by atoms with Crippen LogP contribution in [0.1, 0.15) is 25.7 Å². The second kappa shape index (κ2) is 12.1. The standard InChI is InChI=1S/C14H24N6O8/c15-6(2-1-3-18-14(16)17)11(25)19-7(4-9(21)22)12(26)20-8(13(27)28)5-10(23)24/h6-8H,1-5,15H2,(H,19,25)(H,20,26)(H,21,22)(H,23,24)(H,27,28)(H4,16,17,18)/t6-,7-,8-/m0/s1. The quantitative estimate of drug-likeness (QED) is 0.0829. The molecule has 158 valence electrons. The Labute approximate surface area is 159 Å². The van der Waals surface area contributed by atoms with Crippen molar-refractivity contribution in [1.82, 2.24) is 16.0 Å². The maximum absolute atomic E-state index is 12.1. The average Bonchev–Trinajstić information content (AvgIpc) is 2.55. The van der Waals surface area contributed by atoms with Crippen LogP contribution in [-0.4, -0.2) is 75.7 Å². The summed E-state index contributed by atoms with van der Waals surface area (Å²) in [5, 5.41) is 39.9. The van der Waals surface area contributed by atoms with Crippen LogP contribution in [0.3, 0.4) is 0 Å². The zero-order valence-corrected chi connectivity index (χ0v) is 14.8. The van der Waals surface area contributed by atoms with Crippen LogP contribution in [0.15, 0.2) is 0 Å². The molecule has 0 saturated heterocycles. The molecule has 14 heteroatoms. The van der Waals surface area contributed by atoms with Crippen molar-refractivity contribution >= 4 is 35.7 Å². The summed E-state index contributed by atoms with van der Waals surface area (Å²) in [6.45, 7) is 0.269. The highest BCUT2D eigenvalue weighted by atomic mass is 16.4. The van der Waals surface area contributed by atoms with Gasteiger partial charge in [0, 0.05) is 6.54 Å². The predicted molar refractivity (Wildman–Crippen MR) is 93.1 cm³/mol. The number of guanidine groups is 1. The summed E-state index contributed by atoms with van der Waals surface area (Å²) in [5.41, 5.74) is 10.7. The van der Waals surface area contributed by atoms with Crippen LogP contribution < -0.4 is 27.4 Å². The van der Waals surface area contributed by atoms with Gasteiger partial charge in [0.2, 0.25) is 11.8 Å². The molecule has 0 aliphatic rings. The van der Waals surface area contributed by atoms with Crippen molar-refractivity contribution in [2.75, 3.05) is 6.54 Å². The molecule has 0 aliphatic carbocycles. The zero-order chi connectivity index (χ0) is 21.9. The third-order valence-corrected chi connectivity index (χ3v) is 3.35. The molecule has 0 bridgehead atoms. The number of carbonyl (C=O) groups is 5. The number of nitrogens with two attached hydrogens (primary N) is 2. The van der Waals surface area contributed by atoms with Gasteiger partial charge in [0.15, 0.2) is 5.96 Å². The lowest BCUT2D eigenvalue weighted by atomic mass is 10.1. The molecule has 0 aromatic carbocycles. The number of aliphatic carboxylic acids is 3. The van der Waals surface area contributed by atoms with Crippen LogP contribution in [0.25, 0.3) is 0 Å².